The predicted octanol–water partition coefficient (Wildman–Crippen LogP) is 3.87. The lowest BCUT2D eigenvalue weighted by Gasteiger charge is -2.18. The van der Waals surface area contributed by atoms with E-state index in [1.807, 2.05) is 27.7 Å². The molecule has 3 rings (SSSR count). The number of rotatable bonds is 3. The highest BCUT2D eigenvalue weighted by Gasteiger charge is 2.19. The van der Waals surface area contributed by atoms with Crippen LogP contribution in [0.3, 0.4) is 0 Å². The first-order chi connectivity index (χ1) is 12.3. The summed E-state index contributed by atoms with van der Waals surface area (Å²) < 4.78 is 5.84. The molecule has 0 aliphatic rings. The Hall–Kier alpha value is -3.15. The summed E-state index contributed by atoms with van der Waals surface area (Å²) in [6.45, 7) is 9.96. The molecule has 3 aromatic rings. The summed E-state index contributed by atoms with van der Waals surface area (Å²) in [7, 11) is 0. The van der Waals surface area contributed by atoms with Crippen LogP contribution in [0, 0.1) is 34.6 Å². The van der Waals surface area contributed by atoms with Gasteiger partial charge in [0.1, 0.15) is 11.6 Å². The third kappa shape index (κ3) is 2.94. The molecule has 134 valence electrons. The number of aromatic hydroxyl groups is 1. The first kappa shape index (κ1) is 17.7. The van der Waals surface area contributed by atoms with Crippen molar-refractivity contribution in [3.8, 4) is 28.8 Å². The number of nitrogens with zero attached hydrogens (tertiary/aromatic N) is 2. The van der Waals surface area contributed by atoms with Crippen LogP contribution in [0.15, 0.2) is 29.3 Å². The maximum Gasteiger partial charge on any atom is 0.298 e. The Labute approximate surface area is 151 Å². The molecule has 2 heterocycles. The third-order valence-electron chi connectivity index (χ3n) is 4.95. The standard InChI is InChI=1S/C20H21N3O3/c1-10-11(2)13(4)16(14(5)12(10)3)26-17-19(24)22-18(23-20(17)25)15-6-8-21-9-7-15/h6-9H,1-5H3,(H2,22,23,24,25). The van der Waals surface area contributed by atoms with Crippen molar-refractivity contribution in [3.05, 3.63) is 62.7 Å². The molecule has 0 aliphatic heterocycles. The molecule has 0 saturated carbocycles. The lowest BCUT2D eigenvalue weighted by atomic mass is 9.94. The Kier molecular flexibility index (Phi) is 4.50. The number of H-pyrrole nitrogens is 1. The van der Waals surface area contributed by atoms with E-state index >= 15 is 0 Å². The molecule has 0 fully saturated rings. The molecule has 2 aromatic heterocycles. The van der Waals surface area contributed by atoms with Gasteiger partial charge in [-0.1, -0.05) is 0 Å². The van der Waals surface area contributed by atoms with Crippen LogP contribution in [-0.4, -0.2) is 20.1 Å². The Morgan fingerprint density at radius 3 is 1.96 bits per heavy atom. The number of hydrogen-bond donors (Lipinski definition) is 2. The van der Waals surface area contributed by atoms with E-state index in [9.17, 15) is 9.90 Å². The van der Waals surface area contributed by atoms with Crippen LogP contribution in [0.1, 0.15) is 27.8 Å². The summed E-state index contributed by atoms with van der Waals surface area (Å²) in [6, 6.07) is 3.39. The lowest BCUT2D eigenvalue weighted by molar-refractivity contribution is 0.387. The number of hydrogen-bond acceptors (Lipinski definition) is 5. The quantitative estimate of drug-likeness (QED) is 0.748. The van der Waals surface area contributed by atoms with Gasteiger partial charge in [0.05, 0.1) is 0 Å². The van der Waals surface area contributed by atoms with E-state index in [0.717, 1.165) is 22.3 Å². The summed E-state index contributed by atoms with van der Waals surface area (Å²) in [4.78, 5) is 23.1. The molecule has 26 heavy (non-hydrogen) atoms. The van der Waals surface area contributed by atoms with Gasteiger partial charge in [-0.2, -0.15) is 4.98 Å². The van der Waals surface area contributed by atoms with Crippen molar-refractivity contribution < 1.29 is 9.84 Å². The monoisotopic (exact) mass is 351 g/mol. The Bertz CT molecular complexity index is 1010. The second-order valence-electron chi connectivity index (χ2n) is 6.36. The van der Waals surface area contributed by atoms with Gasteiger partial charge in [0.2, 0.25) is 0 Å². The van der Waals surface area contributed by atoms with Gasteiger partial charge in [0.25, 0.3) is 17.2 Å². The van der Waals surface area contributed by atoms with Crippen LogP contribution in [0.4, 0.5) is 0 Å². The second kappa shape index (κ2) is 6.63. The summed E-state index contributed by atoms with van der Waals surface area (Å²) >= 11 is 0. The van der Waals surface area contributed by atoms with Gasteiger partial charge in [-0.15, -0.1) is 0 Å². The zero-order chi connectivity index (χ0) is 19.0. The summed E-state index contributed by atoms with van der Waals surface area (Å²) in [6.07, 6.45) is 3.17. The topological polar surface area (TPSA) is 88.1 Å². The molecule has 6 heteroatoms. The maximum absolute atomic E-state index is 12.5. The number of benzene rings is 1. The summed E-state index contributed by atoms with van der Waals surface area (Å²) in [5.41, 5.74) is 5.36. The van der Waals surface area contributed by atoms with Crippen molar-refractivity contribution in [1.82, 2.24) is 15.0 Å². The number of nitrogens with one attached hydrogen (secondary N) is 1. The minimum absolute atomic E-state index is 0.211. The molecule has 0 amide bonds. The van der Waals surface area contributed by atoms with Crippen molar-refractivity contribution in [2.75, 3.05) is 0 Å². The predicted molar refractivity (Wildman–Crippen MR) is 100.0 cm³/mol. The highest BCUT2D eigenvalue weighted by atomic mass is 16.5. The minimum atomic E-state index is -0.543. The van der Waals surface area contributed by atoms with Gasteiger partial charge < -0.3 is 14.8 Å². The average molecular weight is 351 g/mol. The fraction of sp³-hybridized carbons (Fsp3) is 0.250. The van der Waals surface area contributed by atoms with E-state index in [2.05, 4.69) is 21.9 Å². The largest absolute Gasteiger partial charge is 0.490 e. The molecular formula is C20H21N3O3. The minimum Gasteiger partial charge on any atom is -0.490 e. The molecule has 0 spiro atoms. The Balaban J connectivity index is 2.09. The smallest absolute Gasteiger partial charge is 0.298 e. The van der Waals surface area contributed by atoms with Crippen LogP contribution < -0.4 is 10.3 Å². The third-order valence-corrected chi connectivity index (χ3v) is 4.95. The average Bonchev–Trinajstić information content (AvgIpc) is 2.64. The lowest BCUT2D eigenvalue weighted by Crippen LogP contribution is -2.13. The van der Waals surface area contributed by atoms with Crippen molar-refractivity contribution in [2.24, 2.45) is 0 Å². The Morgan fingerprint density at radius 2 is 1.42 bits per heavy atom. The zero-order valence-electron chi connectivity index (χ0n) is 15.5. The van der Waals surface area contributed by atoms with E-state index in [4.69, 9.17) is 4.74 Å². The fourth-order valence-electron chi connectivity index (χ4n) is 2.91. The molecule has 0 radical (unpaired) electrons. The second-order valence-corrected chi connectivity index (χ2v) is 6.36. The molecule has 0 atom stereocenters. The highest BCUT2D eigenvalue weighted by Crippen LogP contribution is 2.36. The number of aromatic nitrogens is 3. The molecule has 2 N–H and O–H groups in total. The van der Waals surface area contributed by atoms with Crippen LogP contribution in [0.5, 0.6) is 17.4 Å². The first-order valence-electron chi connectivity index (χ1n) is 8.29. The van der Waals surface area contributed by atoms with E-state index < -0.39 is 11.4 Å². The molecule has 0 aliphatic carbocycles. The molecule has 6 nitrogen and oxygen atoms in total. The van der Waals surface area contributed by atoms with Gasteiger partial charge in [0, 0.05) is 18.0 Å². The van der Waals surface area contributed by atoms with Crippen molar-refractivity contribution in [3.63, 3.8) is 0 Å². The first-order valence-corrected chi connectivity index (χ1v) is 8.29. The Morgan fingerprint density at radius 1 is 0.885 bits per heavy atom. The van der Waals surface area contributed by atoms with Crippen LogP contribution in [-0.2, 0) is 0 Å². The van der Waals surface area contributed by atoms with E-state index in [0.29, 0.717) is 11.3 Å². The van der Waals surface area contributed by atoms with Gasteiger partial charge >= 0.3 is 0 Å². The van der Waals surface area contributed by atoms with Crippen LogP contribution in [0.25, 0.3) is 11.4 Å². The van der Waals surface area contributed by atoms with Crippen molar-refractivity contribution in [2.45, 2.75) is 34.6 Å². The number of pyridine rings is 1. The number of ether oxygens (including phenoxy) is 1. The van der Waals surface area contributed by atoms with Gasteiger partial charge in [-0.3, -0.25) is 9.78 Å². The van der Waals surface area contributed by atoms with Crippen LogP contribution >= 0.6 is 0 Å². The molecular weight excluding hydrogens is 330 g/mol. The molecule has 0 unspecified atom stereocenters. The fourth-order valence-corrected chi connectivity index (χ4v) is 2.91. The maximum atomic E-state index is 12.5. The van der Waals surface area contributed by atoms with Gasteiger partial charge in [0.15, 0.2) is 0 Å². The summed E-state index contributed by atoms with van der Waals surface area (Å²) in [5.74, 6) is 0.170. The van der Waals surface area contributed by atoms with E-state index in [1.54, 1.807) is 24.5 Å². The van der Waals surface area contributed by atoms with Crippen molar-refractivity contribution in [1.29, 1.82) is 0 Å². The van der Waals surface area contributed by atoms with E-state index in [1.165, 1.54) is 5.56 Å². The normalized spacial score (nSPS) is 10.8. The van der Waals surface area contributed by atoms with Gasteiger partial charge in [-0.05, 0) is 74.6 Å². The molecule has 0 saturated heterocycles. The van der Waals surface area contributed by atoms with Crippen molar-refractivity contribution >= 4 is 0 Å². The van der Waals surface area contributed by atoms with Gasteiger partial charge in [-0.25, -0.2) is 0 Å². The number of aromatic amines is 1. The molecule has 1 aromatic carbocycles. The zero-order valence-corrected chi connectivity index (χ0v) is 15.5. The molecule has 0 bridgehead atoms. The van der Waals surface area contributed by atoms with E-state index in [-0.39, 0.29) is 11.6 Å². The van der Waals surface area contributed by atoms with Crippen LogP contribution in [0.2, 0.25) is 0 Å². The summed E-state index contributed by atoms with van der Waals surface area (Å²) in [5, 5.41) is 10.3. The highest BCUT2D eigenvalue weighted by molar-refractivity contribution is 5.57. The SMILES string of the molecule is Cc1c(C)c(C)c(Oc2c(O)nc(-c3ccncc3)[nH]c2=O)c(C)c1C.